The molecule has 118 valence electrons. The van der Waals surface area contributed by atoms with Gasteiger partial charge in [-0.05, 0) is 44.5 Å². The van der Waals surface area contributed by atoms with Crippen molar-refractivity contribution < 1.29 is 4.74 Å². The Labute approximate surface area is 137 Å². The summed E-state index contributed by atoms with van der Waals surface area (Å²) >= 11 is 12.1. The lowest BCUT2D eigenvalue weighted by molar-refractivity contribution is -0.0370. The van der Waals surface area contributed by atoms with Crippen molar-refractivity contribution in [2.45, 2.75) is 32.4 Å². The van der Waals surface area contributed by atoms with E-state index in [0.29, 0.717) is 11.1 Å². The SMILES string of the molecule is CC(C)N1CCOC(CNCCc2ccc(Cl)cc2Cl)C1. The van der Waals surface area contributed by atoms with Crippen molar-refractivity contribution in [3.8, 4) is 0 Å². The summed E-state index contributed by atoms with van der Waals surface area (Å²) in [7, 11) is 0. The minimum absolute atomic E-state index is 0.279. The normalized spacial score (nSPS) is 20.1. The van der Waals surface area contributed by atoms with Crippen LogP contribution in [-0.2, 0) is 11.2 Å². The number of halogens is 2. The lowest BCUT2D eigenvalue weighted by Crippen LogP contribution is -2.49. The quantitative estimate of drug-likeness (QED) is 0.810. The lowest BCUT2D eigenvalue weighted by atomic mass is 10.1. The number of hydrogen-bond acceptors (Lipinski definition) is 3. The van der Waals surface area contributed by atoms with Crippen molar-refractivity contribution in [2.75, 3.05) is 32.8 Å². The topological polar surface area (TPSA) is 24.5 Å². The summed E-state index contributed by atoms with van der Waals surface area (Å²) in [5.41, 5.74) is 1.13. The second kappa shape index (κ2) is 8.35. The number of ether oxygens (including phenoxy) is 1. The van der Waals surface area contributed by atoms with Gasteiger partial charge in [-0.3, -0.25) is 4.90 Å². The lowest BCUT2D eigenvalue weighted by Gasteiger charge is -2.35. The summed E-state index contributed by atoms with van der Waals surface area (Å²) < 4.78 is 5.80. The molecule has 1 fully saturated rings. The van der Waals surface area contributed by atoms with E-state index in [4.69, 9.17) is 27.9 Å². The second-order valence-corrected chi connectivity index (χ2v) is 6.61. The molecule has 0 radical (unpaired) electrons. The molecule has 1 unspecified atom stereocenters. The van der Waals surface area contributed by atoms with Gasteiger partial charge >= 0.3 is 0 Å². The summed E-state index contributed by atoms with van der Waals surface area (Å²) in [6.07, 6.45) is 1.18. The van der Waals surface area contributed by atoms with Crippen LogP contribution in [0.4, 0.5) is 0 Å². The van der Waals surface area contributed by atoms with Gasteiger partial charge in [0.15, 0.2) is 0 Å². The number of rotatable bonds is 6. The Morgan fingerprint density at radius 3 is 2.90 bits per heavy atom. The van der Waals surface area contributed by atoms with Gasteiger partial charge in [-0.1, -0.05) is 29.3 Å². The Morgan fingerprint density at radius 2 is 2.19 bits per heavy atom. The van der Waals surface area contributed by atoms with E-state index in [1.54, 1.807) is 6.07 Å². The molecule has 0 spiro atoms. The average molecular weight is 331 g/mol. The smallest absolute Gasteiger partial charge is 0.0826 e. The standard InChI is InChI=1S/C16H24Cl2N2O/c1-12(2)20-7-8-21-15(11-20)10-19-6-5-13-3-4-14(17)9-16(13)18/h3-4,9,12,15,19H,5-8,10-11H2,1-2H3. The Kier molecular flexibility index (Phi) is 6.77. The maximum atomic E-state index is 6.17. The van der Waals surface area contributed by atoms with Crippen LogP contribution < -0.4 is 5.32 Å². The third kappa shape index (κ3) is 5.42. The molecule has 21 heavy (non-hydrogen) atoms. The van der Waals surface area contributed by atoms with Gasteiger partial charge in [-0.25, -0.2) is 0 Å². The van der Waals surface area contributed by atoms with E-state index in [9.17, 15) is 0 Å². The average Bonchev–Trinajstić information content (AvgIpc) is 2.45. The first kappa shape index (κ1) is 17.0. The minimum atomic E-state index is 0.279. The summed E-state index contributed by atoms with van der Waals surface area (Å²) in [6.45, 7) is 9.11. The molecule has 1 aliphatic heterocycles. The van der Waals surface area contributed by atoms with Gasteiger partial charge in [-0.2, -0.15) is 0 Å². The predicted molar refractivity (Wildman–Crippen MR) is 89.5 cm³/mol. The van der Waals surface area contributed by atoms with E-state index in [2.05, 4.69) is 24.1 Å². The van der Waals surface area contributed by atoms with Gasteiger partial charge in [0, 0.05) is 35.7 Å². The fourth-order valence-electron chi connectivity index (χ4n) is 2.55. The minimum Gasteiger partial charge on any atom is -0.374 e. The van der Waals surface area contributed by atoms with Crippen LogP contribution in [-0.4, -0.2) is 49.8 Å². The molecule has 1 saturated heterocycles. The van der Waals surface area contributed by atoms with Gasteiger partial charge in [0.25, 0.3) is 0 Å². The van der Waals surface area contributed by atoms with Crippen molar-refractivity contribution >= 4 is 23.2 Å². The first-order valence-electron chi connectivity index (χ1n) is 7.56. The number of benzene rings is 1. The highest BCUT2D eigenvalue weighted by Gasteiger charge is 2.21. The molecule has 0 aromatic heterocycles. The van der Waals surface area contributed by atoms with Crippen LogP contribution in [0, 0.1) is 0 Å². The van der Waals surface area contributed by atoms with E-state index >= 15 is 0 Å². The third-order valence-electron chi connectivity index (χ3n) is 3.86. The second-order valence-electron chi connectivity index (χ2n) is 5.77. The van der Waals surface area contributed by atoms with E-state index in [0.717, 1.165) is 49.8 Å². The van der Waals surface area contributed by atoms with Crippen LogP contribution >= 0.6 is 23.2 Å². The van der Waals surface area contributed by atoms with Crippen molar-refractivity contribution in [3.05, 3.63) is 33.8 Å². The highest BCUT2D eigenvalue weighted by atomic mass is 35.5. The number of morpholine rings is 1. The maximum absolute atomic E-state index is 6.17. The molecule has 1 aliphatic rings. The van der Waals surface area contributed by atoms with Crippen molar-refractivity contribution in [2.24, 2.45) is 0 Å². The number of hydrogen-bond donors (Lipinski definition) is 1. The Bertz CT molecular complexity index is 454. The van der Waals surface area contributed by atoms with Gasteiger partial charge in [0.05, 0.1) is 12.7 Å². The molecule has 1 atom stereocenters. The molecule has 0 amide bonds. The molecule has 3 nitrogen and oxygen atoms in total. The molecule has 0 aliphatic carbocycles. The molecule has 1 N–H and O–H groups in total. The summed E-state index contributed by atoms with van der Waals surface area (Å²) in [4.78, 5) is 2.46. The monoisotopic (exact) mass is 330 g/mol. The van der Waals surface area contributed by atoms with Crippen LogP contribution in [0.15, 0.2) is 18.2 Å². The number of nitrogens with zero attached hydrogens (tertiary/aromatic N) is 1. The zero-order chi connectivity index (χ0) is 15.2. The summed E-state index contributed by atoms with van der Waals surface area (Å²) in [5, 5.41) is 4.88. The Balaban J connectivity index is 1.69. The zero-order valence-electron chi connectivity index (χ0n) is 12.7. The van der Waals surface area contributed by atoms with Crippen LogP contribution in [0.3, 0.4) is 0 Å². The molecule has 1 aromatic carbocycles. The van der Waals surface area contributed by atoms with Crippen molar-refractivity contribution in [1.29, 1.82) is 0 Å². The molecule has 2 rings (SSSR count). The predicted octanol–water partition coefficient (Wildman–Crippen LogP) is 3.23. The molecule has 0 bridgehead atoms. The maximum Gasteiger partial charge on any atom is 0.0826 e. The molecule has 1 heterocycles. The summed E-state index contributed by atoms with van der Waals surface area (Å²) in [6, 6.07) is 6.25. The Morgan fingerprint density at radius 1 is 1.38 bits per heavy atom. The van der Waals surface area contributed by atoms with Crippen molar-refractivity contribution in [1.82, 2.24) is 10.2 Å². The molecular weight excluding hydrogens is 307 g/mol. The van der Waals surface area contributed by atoms with Crippen LogP contribution in [0.2, 0.25) is 10.0 Å². The summed E-state index contributed by atoms with van der Waals surface area (Å²) in [5.74, 6) is 0. The van der Waals surface area contributed by atoms with Crippen molar-refractivity contribution in [3.63, 3.8) is 0 Å². The fraction of sp³-hybridized carbons (Fsp3) is 0.625. The van der Waals surface area contributed by atoms with Crippen LogP contribution in [0.25, 0.3) is 0 Å². The largest absolute Gasteiger partial charge is 0.374 e. The first-order valence-corrected chi connectivity index (χ1v) is 8.32. The first-order chi connectivity index (χ1) is 10.1. The Hall–Kier alpha value is -0.320. The van der Waals surface area contributed by atoms with Crippen LogP contribution in [0.5, 0.6) is 0 Å². The van der Waals surface area contributed by atoms with Gasteiger partial charge in [-0.15, -0.1) is 0 Å². The van der Waals surface area contributed by atoms with Crippen LogP contribution in [0.1, 0.15) is 19.4 Å². The fourth-order valence-corrected chi connectivity index (χ4v) is 3.05. The molecule has 5 heteroatoms. The van der Waals surface area contributed by atoms with E-state index in [1.807, 2.05) is 12.1 Å². The number of nitrogens with one attached hydrogen (secondary N) is 1. The zero-order valence-corrected chi connectivity index (χ0v) is 14.3. The highest BCUT2D eigenvalue weighted by molar-refractivity contribution is 6.35. The molecule has 0 saturated carbocycles. The molecule has 1 aromatic rings. The van der Waals surface area contributed by atoms with Gasteiger partial charge < -0.3 is 10.1 Å². The van der Waals surface area contributed by atoms with Gasteiger partial charge in [0.1, 0.15) is 0 Å². The van der Waals surface area contributed by atoms with Gasteiger partial charge in [0.2, 0.25) is 0 Å². The third-order valence-corrected chi connectivity index (χ3v) is 4.45. The molecular formula is C16H24Cl2N2O. The van der Waals surface area contributed by atoms with E-state index in [1.165, 1.54) is 0 Å². The van der Waals surface area contributed by atoms with E-state index < -0.39 is 0 Å². The highest BCUT2D eigenvalue weighted by Crippen LogP contribution is 2.21. The van der Waals surface area contributed by atoms with E-state index in [-0.39, 0.29) is 6.10 Å².